The molecule has 7 aromatic rings. The van der Waals surface area contributed by atoms with Crippen LogP contribution in [0.4, 0.5) is 22.9 Å². The van der Waals surface area contributed by atoms with Crippen molar-refractivity contribution in [1.29, 1.82) is 0 Å². The van der Waals surface area contributed by atoms with E-state index in [0.717, 1.165) is 39.6 Å². The number of rotatable bonds is 6. The Kier molecular flexibility index (Phi) is 8.17. The van der Waals surface area contributed by atoms with E-state index in [9.17, 15) is 0 Å². The number of pyridine rings is 1. The van der Waals surface area contributed by atoms with Crippen LogP contribution in [0.15, 0.2) is 128 Å². The number of imidazole rings is 1. The molecule has 0 atom stereocenters. The number of para-hydroxylation sites is 3. The van der Waals surface area contributed by atoms with Gasteiger partial charge >= 0.3 is 6.98 Å². The summed E-state index contributed by atoms with van der Waals surface area (Å²) in [6.07, 6.45) is 5.23. The average Bonchev–Trinajstić information content (AvgIpc) is 3.60. The van der Waals surface area contributed by atoms with Crippen molar-refractivity contribution < 1.29 is 30.4 Å². The fourth-order valence-corrected chi connectivity index (χ4v) is 6.48. The zero-order valence-electron chi connectivity index (χ0n) is 26.2. The summed E-state index contributed by atoms with van der Waals surface area (Å²) in [6, 6.07) is 48.3. The molecule has 0 radical (unpaired) electrons. The molecule has 0 saturated carbocycles. The smallest absolute Gasteiger partial charge is 0.409 e. The van der Waals surface area contributed by atoms with Gasteiger partial charge in [0.2, 0.25) is 6.33 Å². The quantitative estimate of drug-likeness (QED) is 0.101. The molecule has 232 valence electrons. The largest absolute Gasteiger partial charge is 0.510 e. The third-order valence-corrected chi connectivity index (χ3v) is 8.54. The Labute approximate surface area is 289 Å². The van der Waals surface area contributed by atoms with Crippen LogP contribution >= 0.6 is 0 Å². The van der Waals surface area contributed by atoms with Gasteiger partial charge < -0.3 is 23.5 Å². The van der Waals surface area contributed by atoms with Gasteiger partial charge in [0.05, 0.1) is 18.1 Å². The molecule has 0 saturated heterocycles. The average molecular weight is 791 g/mol. The summed E-state index contributed by atoms with van der Waals surface area (Å²) in [6.45, 7) is 4.17. The van der Waals surface area contributed by atoms with Gasteiger partial charge in [-0.25, -0.2) is 4.98 Å². The second kappa shape index (κ2) is 12.6. The van der Waals surface area contributed by atoms with Crippen molar-refractivity contribution in [1.82, 2.24) is 9.55 Å². The first-order valence-corrected chi connectivity index (χ1v) is 15.3. The Bertz CT molecular complexity index is 2190. The van der Waals surface area contributed by atoms with Crippen molar-refractivity contribution in [3.8, 4) is 17.2 Å². The molecule has 2 aromatic heterocycles. The molecular weight excluding hydrogens is 760 g/mol. The van der Waals surface area contributed by atoms with Crippen LogP contribution in [0, 0.1) is 32.3 Å². The summed E-state index contributed by atoms with van der Waals surface area (Å²) in [4.78, 5) is 9.48. The van der Waals surface area contributed by atoms with Gasteiger partial charge in [-0.2, -0.15) is 12.1 Å². The van der Waals surface area contributed by atoms with Crippen LogP contribution in [0.25, 0.3) is 16.7 Å². The number of nitrogens with zero attached hydrogens (tertiary/aromatic N) is 5. The van der Waals surface area contributed by atoms with E-state index in [1.165, 1.54) is 16.6 Å². The molecule has 8 rings (SSSR count). The van der Waals surface area contributed by atoms with Crippen molar-refractivity contribution in [3.05, 3.63) is 157 Å². The van der Waals surface area contributed by atoms with Gasteiger partial charge in [-0.05, 0) is 43.6 Å². The summed E-state index contributed by atoms with van der Waals surface area (Å²) in [5, 5.41) is 0. The van der Waals surface area contributed by atoms with Gasteiger partial charge in [-0.3, -0.25) is 0 Å². The minimum absolute atomic E-state index is 0. The van der Waals surface area contributed by atoms with Crippen LogP contribution in [0.5, 0.6) is 11.5 Å². The number of hydrogen-bond donors (Lipinski definition) is 0. The van der Waals surface area contributed by atoms with Crippen LogP contribution in [0.2, 0.25) is 0 Å². The zero-order valence-corrected chi connectivity index (χ0v) is 28.4. The van der Waals surface area contributed by atoms with E-state index in [1.54, 1.807) is 0 Å². The SMILES string of the molecule is Cc1cccc(C)c1B1N(c2ccccn2)c2[c-]c(Oc3[c-]c(-n4[c-][n+](C)c5ccccc54)ccc3)ccc2N1c1ccccc1.[Pt]. The van der Waals surface area contributed by atoms with Crippen LogP contribution < -0.4 is 24.4 Å². The van der Waals surface area contributed by atoms with Crippen molar-refractivity contribution >= 4 is 46.4 Å². The minimum atomic E-state index is -0.187. The number of ether oxygens (including phenoxy) is 1. The normalized spacial score (nSPS) is 12.3. The first kappa shape index (κ1) is 30.5. The van der Waals surface area contributed by atoms with E-state index in [0.29, 0.717) is 11.5 Å². The van der Waals surface area contributed by atoms with Gasteiger partial charge in [0.15, 0.2) is 0 Å². The van der Waals surface area contributed by atoms with E-state index in [-0.39, 0.29) is 28.0 Å². The maximum absolute atomic E-state index is 6.49. The molecule has 0 amide bonds. The van der Waals surface area contributed by atoms with Crippen molar-refractivity contribution in [2.75, 3.05) is 9.62 Å². The zero-order chi connectivity index (χ0) is 31.2. The summed E-state index contributed by atoms with van der Waals surface area (Å²) >= 11 is 0. The summed E-state index contributed by atoms with van der Waals surface area (Å²) in [5.74, 6) is 2.02. The Balaban J connectivity index is 0.00000351. The maximum atomic E-state index is 6.49. The minimum Gasteiger partial charge on any atom is -0.510 e. The van der Waals surface area contributed by atoms with Gasteiger partial charge in [0, 0.05) is 44.4 Å². The number of aryl methyl sites for hydroxylation is 3. The molecule has 0 bridgehead atoms. The van der Waals surface area contributed by atoms with E-state index in [4.69, 9.17) is 9.72 Å². The van der Waals surface area contributed by atoms with E-state index in [1.807, 2.05) is 77.0 Å². The monoisotopic (exact) mass is 790 g/mol. The van der Waals surface area contributed by atoms with Gasteiger partial charge in [0.1, 0.15) is 5.82 Å². The molecule has 3 heterocycles. The number of anilines is 4. The summed E-state index contributed by atoms with van der Waals surface area (Å²) in [7, 11) is 2.00. The van der Waals surface area contributed by atoms with Gasteiger partial charge in [-0.1, -0.05) is 94.9 Å². The van der Waals surface area contributed by atoms with E-state index < -0.39 is 0 Å². The molecule has 0 spiro atoms. The Hall–Kier alpha value is -5.13. The third kappa shape index (κ3) is 5.41. The molecule has 0 N–H and O–H groups in total. The second-order valence-corrected chi connectivity index (χ2v) is 11.5. The molecule has 0 fully saturated rings. The molecule has 0 unspecified atom stereocenters. The maximum Gasteiger partial charge on any atom is 0.409 e. The van der Waals surface area contributed by atoms with E-state index >= 15 is 0 Å². The van der Waals surface area contributed by atoms with Crippen molar-refractivity contribution in [2.24, 2.45) is 7.05 Å². The van der Waals surface area contributed by atoms with E-state index in [2.05, 4.69) is 109 Å². The fourth-order valence-electron chi connectivity index (χ4n) is 6.48. The number of aromatic nitrogens is 3. The fraction of sp³-hybridized carbons (Fsp3) is 0.0769. The molecule has 1 aliphatic heterocycles. The van der Waals surface area contributed by atoms with Crippen LogP contribution in [-0.2, 0) is 28.1 Å². The number of fused-ring (bicyclic) bond motifs is 2. The van der Waals surface area contributed by atoms with Crippen molar-refractivity contribution in [3.63, 3.8) is 0 Å². The summed E-state index contributed by atoms with van der Waals surface area (Å²) in [5.41, 5.74) is 9.63. The van der Waals surface area contributed by atoms with Crippen LogP contribution in [0.1, 0.15) is 11.1 Å². The molecular formula is C39H30BN5OPt-2. The Morgan fingerprint density at radius 3 is 2.21 bits per heavy atom. The molecule has 0 aliphatic carbocycles. The van der Waals surface area contributed by atoms with Gasteiger partial charge in [-0.15, -0.1) is 30.3 Å². The molecule has 5 aromatic carbocycles. The molecule has 8 heteroatoms. The first-order valence-electron chi connectivity index (χ1n) is 15.3. The molecule has 6 nitrogen and oxygen atoms in total. The predicted octanol–water partition coefficient (Wildman–Crippen LogP) is 7.34. The van der Waals surface area contributed by atoms with Crippen LogP contribution in [0.3, 0.4) is 0 Å². The van der Waals surface area contributed by atoms with Crippen molar-refractivity contribution in [2.45, 2.75) is 13.8 Å². The van der Waals surface area contributed by atoms with Crippen LogP contribution in [-0.4, -0.2) is 16.5 Å². The second-order valence-electron chi connectivity index (χ2n) is 11.5. The first-order chi connectivity index (χ1) is 22.6. The third-order valence-electron chi connectivity index (χ3n) is 8.54. The predicted molar refractivity (Wildman–Crippen MR) is 184 cm³/mol. The topological polar surface area (TPSA) is 37.4 Å². The standard InChI is InChI=1S/C39H30BN5O.Pt/c1-28-13-11-14-29(2)39(28)40-44(30-15-5-4-6-16-30)36-23-22-33(26-37(36)45(40)38-21-9-10-24-41-38)46-32-18-12-17-31(25-32)43-27-42(3)34-19-7-8-20-35(34)43;/h4-24H,1-3H3;/q-2;. The Morgan fingerprint density at radius 1 is 0.702 bits per heavy atom. The molecule has 1 aliphatic rings. The Morgan fingerprint density at radius 2 is 1.43 bits per heavy atom. The van der Waals surface area contributed by atoms with Gasteiger partial charge in [0.25, 0.3) is 0 Å². The summed E-state index contributed by atoms with van der Waals surface area (Å²) < 4.78 is 10.5. The number of hydrogen-bond acceptors (Lipinski definition) is 4. The number of benzene rings is 5. The molecule has 47 heavy (non-hydrogen) atoms.